The molecule has 5 nitrogen and oxygen atoms in total. The average molecular weight is 185 g/mol. The summed E-state index contributed by atoms with van der Waals surface area (Å²) < 4.78 is 27.3. The summed E-state index contributed by atoms with van der Waals surface area (Å²) in [6, 6.07) is 0. The SMILES string of the molecule is NCCS(=O)(=O)O.O.[Ca+2].[H-].[H-]. The van der Waals surface area contributed by atoms with Gasteiger partial charge in [-0.3, -0.25) is 4.55 Å². The third-order valence-electron chi connectivity index (χ3n) is 0.376. The van der Waals surface area contributed by atoms with Crippen molar-refractivity contribution >= 4 is 47.9 Å². The van der Waals surface area contributed by atoms with Crippen LogP contribution in [0, 0.1) is 0 Å². The summed E-state index contributed by atoms with van der Waals surface area (Å²) >= 11 is 0. The van der Waals surface area contributed by atoms with Gasteiger partial charge in [0, 0.05) is 6.54 Å². The fraction of sp³-hybridized carbons (Fsp3) is 1.00. The third-order valence-corrected chi connectivity index (χ3v) is 1.13. The molecule has 0 aliphatic carbocycles. The Labute approximate surface area is 86.6 Å². The normalized spacial score (nSPS) is 9.11. The Morgan fingerprint density at radius 1 is 1.56 bits per heavy atom. The van der Waals surface area contributed by atoms with Crippen LogP contribution in [0.25, 0.3) is 0 Å². The van der Waals surface area contributed by atoms with Crippen molar-refractivity contribution in [2.24, 2.45) is 5.73 Å². The van der Waals surface area contributed by atoms with E-state index >= 15 is 0 Å². The van der Waals surface area contributed by atoms with Crippen LogP contribution in [-0.4, -0.2) is 68.5 Å². The Hall–Kier alpha value is 1.09. The van der Waals surface area contributed by atoms with E-state index in [9.17, 15) is 8.42 Å². The fourth-order valence-electron chi connectivity index (χ4n) is 0.149. The molecule has 0 aromatic carbocycles. The fourth-order valence-corrected chi connectivity index (χ4v) is 0.447. The maximum Gasteiger partial charge on any atom is 2.00 e. The molecule has 9 heavy (non-hydrogen) atoms. The van der Waals surface area contributed by atoms with Crippen molar-refractivity contribution in [3.8, 4) is 0 Å². The second-order valence-corrected chi connectivity index (χ2v) is 2.65. The summed E-state index contributed by atoms with van der Waals surface area (Å²) in [5, 5.41) is 0. The average Bonchev–Trinajstić information content (AvgIpc) is 1.30. The summed E-state index contributed by atoms with van der Waals surface area (Å²) in [4.78, 5) is 0. The summed E-state index contributed by atoms with van der Waals surface area (Å²) in [5.74, 6) is -0.354. The minimum atomic E-state index is -3.80. The van der Waals surface area contributed by atoms with Crippen LogP contribution >= 0.6 is 0 Å². The standard InChI is InChI=1S/C2H7NO3S.Ca.H2O.2H/c3-1-2-7(4,5)6;;;;/h1-3H2,(H,4,5,6);;1H2;;/q;+2;;2*-1. The molecular weight excluding hydrogens is 174 g/mol. The molecule has 0 heterocycles. The van der Waals surface area contributed by atoms with E-state index in [1.807, 2.05) is 0 Å². The zero-order valence-corrected chi connectivity index (χ0v) is 7.90. The Balaban J connectivity index is -0.0000000300. The van der Waals surface area contributed by atoms with Crippen molar-refractivity contribution < 1.29 is 21.3 Å². The van der Waals surface area contributed by atoms with Crippen LogP contribution in [0.5, 0.6) is 0 Å². The monoisotopic (exact) mass is 185 g/mol. The van der Waals surface area contributed by atoms with E-state index in [2.05, 4.69) is 0 Å². The molecule has 0 atom stereocenters. The number of nitrogens with two attached hydrogens (primary N) is 1. The van der Waals surface area contributed by atoms with E-state index in [4.69, 9.17) is 10.3 Å². The first-order valence-corrected chi connectivity index (χ1v) is 3.32. The number of hydrogen-bond acceptors (Lipinski definition) is 3. The first-order chi connectivity index (χ1) is 3.06. The van der Waals surface area contributed by atoms with Gasteiger partial charge in [-0.25, -0.2) is 0 Å². The molecule has 0 saturated carbocycles. The van der Waals surface area contributed by atoms with Gasteiger partial charge in [-0.05, 0) is 0 Å². The second kappa shape index (κ2) is 7.20. The van der Waals surface area contributed by atoms with Crippen LogP contribution in [0.3, 0.4) is 0 Å². The molecule has 0 aliphatic heterocycles. The van der Waals surface area contributed by atoms with E-state index in [1.54, 1.807) is 0 Å². The summed E-state index contributed by atoms with van der Waals surface area (Å²) in [7, 11) is -3.80. The molecule has 0 aliphatic rings. The van der Waals surface area contributed by atoms with E-state index in [0.717, 1.165) is 0 Å². The molecule has 0 aromatic heterocycles. The zero-order chi connectivity index (χ0) is 5.91. The molecule has 5 N–H and O–H groups in total. The van der Waals surface area contributed by atoms with Gasteiger partial charge < -0.3 is 14.1 Å². The van der Waals surface area contributed by atoms with Crippen molar-refractivity contribution in [1.82, 2.24) is 0 Å². The van der Waals surface area contributed by atoms with Crippen LogP contribution in [-0.2, 0) is 10.1 Å². The molecule has 0 fully saturated rings. The molecule has 0 spiro atoms. The Kier molecular flexibility index (Phi) is 13.3. The van der Waals surface area contributed by atoms with Crippen LogP contribution in [0.1, 0.15) is 2.85 Å². The van der Waals surface area contributed by atoms with Crippen LogP contribution in [0.4, 0.5) is 0 Å². The molecule has 0 unspecified atom stereocenters. The topological polar surface area (TPSA) is 112 Å². The second-order valence-electron chi connectivity index (χ2n) is 1.07. The largest absolute Gasteiger partial charge is 2.00 e. The van der Waals surface area contributed by atoms with Crippen molar-refractivity contribution in [2.75, 3.05) is 12.3 Å². The number of rotatable bonds is 2. The molecule has 7 heteroatoms. The van der Waals surface area contributed by atoms with Gasteiger partial charge >= 0.3 is 37.7 Å². The van der Waals surface area contributed by atoms with Crippen LogP contribution in [0.15, 0.2) is 0 Å². The van der Waals surface area contributed by atoms with E-state index in [1.165, 1.54) is 0 Å². The quantitative estimate of drug-likeness (QED) is 0.377. The van der Waals surface area contributed by atoms with Crippen molar-refractivity contribution in [3.05, 3.63) is 0 Å². The van der Waals surface area contributed by atoms with Gasteiger partial charge in [0.25, 0.3) is 10.1 Å². The minimum Gasteiger partial charge on any atom is -1.00 e. The molecule has 0 saturated heterocycles. The van der Waals surface area contributed by atoms with Gasteiger partial charge in [-0.1, -0.05) is 0 Å². The Bertz CT molecular complexity index is 139. The van der Waals surface area contributed by atoms with Crippen molar-refractivity contribution in [1.29, 1.82) is 0 Å². The molecular formula is C2H11CaNO4S. The van der Waals surface area contributed by atoms with E-state index in [0.29, 0.717) is 0 Å². The maximum absolute atomic E-state index is 9.71. The van der Waals surface area contributed by atoms with Gasteiger partial charge in [-0.15, -0.1) is 0 Å². The zero-order valence-electron chi connectivity index (χ0n) is 6.87. The van der Waals surface area contributed by atoms with Gasteiger partial charge in [0.05, 0.1) is 5.75 Å². The predicted molar refractivity (Wildman–Crippen MR) is 37.1 cm³/mol. The minimum absolute atomic E-state index is 0. The predicted octanol–water partition coefficient (Wildman–Crippen LogP) is -2.15. The number of hydrogen-bond donors (Lipinski definition) is 2. The van der Waals surface area contributed by atoms with E-state index < -0.39 is 10.1 Å². The summed E-state index contributed by atoms with van der Waals surface area (Å²) in [5.41, 5.74) is 4.78. The first-order valence-electron chi connectivity index (χ1n) is 1.71. The Morgan fingerprint density at radius 3 is 1.89 bits per heavy atom. The summed E-state index contributed by atoms with van der Waals surface area (Å²) in [6.45, 7) is -0.0289. The van der Waals surface area contributed by atoms with Gasteiger partial charge in [0.1, 0.15) is 0 Å². The van der Waals surface area contributed by atoms with Gasteiger partial charge in [-0.2, -0.15) is 8.42 Å². The van der Waals surface area contributed by atoms with Crippen molar-refractivity contribution in [2.45, 2.75) is 0 Å². The van der Waals surface area contributed by atoms with E-state index in [-0.39, 0.29) is 58.4 Å². The van der Waals surface area contributed by atoms with Crippen LogP contribution < -0.4 is 5.73 Å². The molecule has 0 aromatic rings. The van der Waals surface area contributed by atoms with Gasteiger partial charge in [0.15, 0.2) is 0 Å². The molecule has 0 radical (unpaired) electrons. The molecule has 56 valence electrons. The van der Waals surface area contributed by atoms with Crippen molar-refractivity contribution in [3.63, 3.8) is 0 Å². The molecule has 0 rings (SSSR count). The Morgan fingerprint density at radius 2 is 1.89 bits per heavy atom. The van der Waals surface area contributed by atoms with Crippen LogP contribution in [0.2, 0.25) is 0 Å². The molecule has 0 bridgehead atoms. The van der Waals surface area contributed by atoms with Gasteiger partial charge in [0.2, 0.25) is 0 Å². The smallest absolute Gasteiger partial charge is 1.00 e. The first kappa shape index (κ1) is 16.6. The maximum atomic E-state index is 9.71. The third kappa shape index (κ3) is 17.6. The molecule has 0 amide bonds. The summed E-state index contributed by atoms with van der Waals surface area (Å²) in [6.07, 6.45) is 0.